The first-order valence-electron chi connectivity index (χ1n) is 5.54. The molecule has 2 rings (SSSR count). The first-order chi connectivity index (χ1) is 8.15. The lowest BCUT2D eigenvalue weighted by Gasteiger charge is -2.04. The van der Waals surface area contributed by atoms with Gasteiger partial charge in [0.1, 0.15) is 0 Å². The van der Waals surface area contributed by atoms with Gasteiger partial charge >= 0.3 is 0 Å². The highest BCUT2D eigenvalue weighted by atomic mass is 16.3. The van der Waals surface area contributed by atoms with Crippen molar-refractivity contribution in [3.05, 3.63) is 59.0 Å². The fraction of sp³-hybridized carbons (Fsp3) is 0.214. The summed E-state index contributed by atoms with van der Waals surface area (Å²) in [5.41, 5.74) is 3.22. The minimum absolute atomic E-state index is 0.181. The van der Waals surface area contributed by atoms with E-state index in [1.807, 2.05) is 38.1 Å². The SMILES string of the molecule is Cc1cccc(CNC(=O)c2cc(C)co2)c1. The number of rotatable bonds is 3. The largest absolute Gasteiger partial charge is 0.459 e. The van der Waals surface area contributed by atoms with Crippen molar-refractivity contribution in [2.45, 2.75) is 20.4 Å². The van der Waals surface area contributed by atoms with E-state index in [9.17, 15) is 4.79 Å². The first-order valence-corrected chi connectivity index (χ1v) is 5.54. The molecule has 1 aromatic heterocycles. The van der Waals surface area contributed by atoms with Crippen LogP contribution in [0.2, 0.25) is 0 Å². The normalized spacial score (nSPS) is 10.2. The third-order valence-electron chi connectivity index (χ3n) is 2.49. The highest BCUT2D eigenvalue weighted by Gasteiger charge is 2.08. The third-order valence-corrected chi connectivity index (χ3v) is 2.49. The van der Waals surface area contributed by atoms with E-state index in [2.05, 4.69) is 5.32 Å². The van der Waals surface area contributed by atoms with Gasteiger partial charge in [-0.2, -0.15) is 0 Å². The lowest BCUT2D eigenvalue weighted by Crippen LogP contribution is -2.22. The lowest BCUT2D eigenvalue weighted by atomic mass is 10.1. The van der Waals surface area contributed by atoms with Crippen LogP contribution in [0.15, 0.2) is 41.0 Å². The summed E-state index contributed by atoms with van der Waals surface area (Å²) in [4.78, 5) is 11.7. The summed E-state index contributed by atoms with van der Waals surface area (Å²) in [6.07, 6.45) is 1.57. The lowest BCUT2D eigenvalue weighted by molar-refractivity contribution is 0.0923. The highest BCUT2D eigenvalue weighted by molar-refractivity contribution is 5.91. The fourth-order valence-electron chi connectivity index (χ4n) is 1.64. The number of nitrogens with one attached hydrogen (secondary N) is 1. The molecule has 3 heteroatoms. The standard InChI is InChI=1S/C14H15NO2/c1-10-4-3-5-12(6-10)8-15-14(16)13-7-11(2)9-17-13/h3-7,9H,8H2,1-2H3,(H,15,16). The van der Waals surface area contributed by atoms with Crippen LogP contribution in [0, 0.1) is 13.8 Å². The molecule has 0 aliphatic heterocycles. The summed E-state index contributed by atoms with van der Waals surface area (Å²) in [5.74, 6) is 0.176. The zero-order valence-corrected chi connectivity index (χ0v) is 9.99. The molecule has 0 saturated carbocycles. The van der Waals surface area contributed by atoms with E-state index in [4.69, 9.17) is 4.42 Å². The quantitative estimate of drug-likeness (QED) is 0.879. The van der Waals surface area contributed by atoms with E-state index in [1.54, 1.807) is 12.3 Å². The van der Waals surface area contributed by atoms with Crippen LogP contribution >= 0.6 is 0 Å². The number of aryl methyl sites for hydroxylation is 2. The Labute approximate surface area is 100 Å². The second-order valence-corrected chi connectivity index (χ2v) is 4.16. The van der Waals surface area contributed by atoms with E-state index < -0.39 is 0 Å². The molecule has 3 nitrogen and oxygen atoms in total. The summed E-state index contributed by atoms with van der Waals surface area (Å²) in [7, 11) is 0. The van der Waals surface area contributed by atoms with E-state index in [-0.39, 0.29) is 5.91 Å². The van der Waals surface area contributed by atoms with Crippen LogP contribution in [0.5, 0.6) is 0 Å². The number of hydrogen-bond acceptors (Lipinski definition) is 2. The number of hydrogen-bond donors (Lipinski definition) is 1. The van der Waals surface area contributed by atoms with Gasteiger partial charge < -0.3 is 9.73 Å². The molecule has 17 heavy (non-hydrogen) atoms. The predicted molar refractivity (Wildman–Crippen MR) is 65.8 cm³/mol. The molecule has 1 heterocycles. The fourth-order valence-corrected chi connectivity index (χ4v) is 1.64. The van der Waals surface area contributed by atoms with Crippen molar-refractivity contribution in [2.24, 2.45) is 0 Å². The summed E-state index contributed by atoms with van der Waals surface area (Å²) in [5, 5.41) is 2.82. The van der Waals surface area contributed by atoms with Crippen molar-refractivity contribution in [1.82, 2.24) is 5.32 Å². The van der Waals surface area contributed by atoms with Crippen molar-refractivity contribution >= 4 is 5.91 Å². The molecule has 0 saturated heterocycles. The molecule has 1 aromatic carbocycles. The van der Waals surface area contributed by atoms with Crippen molar-refractivity contribution in [2.75, 3.05) is 0 Å². The Morgan fingerprint density at radius 3 is 2.71 bits per heavy atom. The zero-order valence-electron chi connectivity index (χ0n) is 9.99. The Morgan fingerprint density at radius 1 is 1.24 bits per heavy atom. The molecule has 1 N–H and O–H groups in total. The van der Waals surface area contributed by atoms with Gasteiger partial charge in [0.15, 0.2) is 5.76 Å². The Balaban J connectivity index is 1.97. The number of carbonyl (C=O) groups is 1. The molecule has 0 unspecified atom stereocenters. The van der Waals surface area contributed by atoms with E-state index in [1.165, 1.54) is 5.56 Å². The maximum Gasteiger partial charge on any atom is 0.287 e. The molecule has 0 spiro atoms. The minimum atomic E-state index is -0.181. The molecule has 0 bridgehead atoms. The molecule has 0 radical (unpaired) electrons. The molecule has 88 valence electrons. The predicted octanol–water partition coefficient (Wildman–Crippen LogP) is 2.83. The molecule has 1 amide bonds. The molecule has 0 fully saturated rings. The van der Waals surface area contributed by atoms with Crippen LogP contribution < -0.4 is 5.32 Å². The summed E-state index contributed by atoms with van der Waals surface area (Å²) >= 11 is 0. The third kappa shape index (κ3) is 2.97. The van der Waals surface area contributed by atoms with Gasteiger partial charge in [0, 0.05) is 6.54 Å². The Morgan fingerprint density at radius 2 is 2.06 bits per heavy atom. The molecular weight excluding hydrogens is 214 g/mol. The second kappa shape index (κ2) is 4.87. The second-order valence-electron chi connectivity index (χ2n) is 4.16. The van der Waals surface area contributed by atoms with Gasteiger partial charge in [-0.1, -0.05) is 29.8 Å². The number of furan rings is 1. The van der Waals surface area contributed by atoms with E-state index >= 15 is 0 Å². The Kier molecular flexibility index (Phi) is 3.28. The van der Waals surface area contributed by atoms with Crippen LogP contribution in [-0.4, -0.2) is 5.91 Å². The monoisotopic (exact) mass is 229 g/mol. The van der Waals surface area contributed by atoms with Gasteiger partial charge in [-0.25, -0.2) is 0 Å². The van der Waals surface area contributed by atoms with Crippen LogP contribution in [-0.2, 0) is 6.54 Å². The number of carbonyl (C=O) groups excluding carboxylic acids is 1. The summed E-state index contributed by atoms with van der Waals surface area (Å²) in [6.45, 7) is 4.43. The number of benzene rings is 1. The maximum absolute atomic E-state index is 11.7. The summed E-state index contributed by atoms with van der Waals surface area (Å²) in [6, 6.07) is 9.77. The molecule has 2 aromatic rings. The van der Waals surface area contributed by atoms with Crippen LogP contribution in [0.4, 0.5) is 0 Å². The average Bonchev–Trinajstić information content (AvgIpc) is 2.73. The highest BCUT2D eigenvalue weighted by Crippen LogP contribution is 2.07. The van der Waals surface area contributed by atoms with Crippen LogP contribution in [0.1, 0.15) is 27.2 Å². The van der Waals surface area contributed by atoms with E-state index in [0.717, 1.165) is 11.1 Å². The Hall–Kier alpha value is -2.03. The van der Waals surface area contributed by atoms with Crippen molar-refractivity contribution in [3.8, 4) is 0 Å². The molecular formula is C14H15NO2. The van der Waals surface area contributed by atoms with Gasteiger partial charge in [0.2, 0.25) is 0 Å². The number of amides is 1. The van der Waals surface area contributed by atoms with Gasteiger partial charge in [-0.05, 0) is 31.0 Å². The average molecular weight is 229 g/mol. The smallest absolute Gasteiger partial charge is 0.287 e. The van der Waals surface area contributed by atoms with Crippen molar-refractivity contribution in [3.63, 3.8) is 0 Å². The maximum atomic E-state index is 11.7. The minimum Gasteiger partial charge on any atom is -0.459 e. The first kappa shape index (κ1) is 11.5. The van der Waals surface area contributed by atoms with Gasteiger partial charge in [0.05, 0.1) is 6.26 Å². The topological polar surface area (TPSA) is 42.2 Å². The van der Waals surface area contributed by atoms with Crippen LogP contribution in [0.25, 0.3) is 0 Å². The Bertz CT molecular complexity index is 529. The summed E-state index contributed by atoms with van der Waals surface area (Å²) < 4.78 is 5.13. The molecule has 0 aliphatic carbocycles. The van der Waals surface area contributed by atoms with Gasteiger partial charge in [0.25, 0.3) is 5.91 Å². The van der Waals surface area contributed by atoms with E-state index in [0.29, 0.717) is 12.3 Å². The molecule has 0 aliphatic rings. The zero-order chi connectivity index (χ0) is 12.3. The van der Waals surface area contributed by atoms with Gasteiger partial charge in [-0.15, -0.1) is 0 Å². The van der Waals surface area contributed by atoms with Crippen molar-refractivity contribution < 1.29 is 9.21 Å². The van der Waals surface area contributed by atoms with Crippen molar-refractivity contribution in [1.29, 1.82) is 0 Å². The van der Waals surface area contributed by atoms with Gasteiger partial charge in [-0.3, -0.25) is 4.79 Å². The van der Waals surface area contributed by atoms with Crippen LogP contribution in [0.3, 0.4) is 0 Å². The molecule has 0 atom stereocenters.